The Morgan fingerprint density at radius 3 is 1.91 bits per heavy atom. The zero-order chi connectivity index (χ0) is 8.74. The number of terminal acetylenes is 1. The molecule has 0 N–H and O–H groups in total. The van der Waals surface area contributed by atoms with Gasteiger partial charge in [0.15, 0.2) is 0 Å². The van der Waals surface area contributed by atoms with Crippen molar-refractivity contribution in [2.24, 2.45) is 0 Å². The van der Waals surface area contributed by atoms with Crippen LogP contribution in [0, 0.1) is 12.3 Å². The summed E-state index contributed by atoms with van der Waals surface area (Å²) in [6, 6.07) is 0. The second kappa shape index (κ2) is 5.68. The fraction of sp³-hybridized carbons (Fsp3) is 0.778. The van der Waals surface area contributed by atoms with Gasteiger partial charge in [-0.2, -0.15) is 0 Å². The molecule has 0 spiro atoms. The van der Waals surface area contributed by atoms with Crippen LogP contribution in [0.2, 0.25) is 15.8 Å². The van der Waals surface area contributed by atoms with Crippen LogP contribution in [0.1, 0.15) is 20.8 Å². The van der Waals surface area contributed by atoms with Gasteiger partial charge >= 0.3 is 72.8 Å². The summed E-state index contributed by atoms with van der Waals surface area (Å²) < 4.78 is 5.78. The van der Waals surface area contributed by atoms with E-state index in [-0.39, 0.29) is 0 Å². The van der Waals surface area contributed by atoms with Crippen molar-refractivity contribution in [2.75, 3.05) is 6.61 Å². The third-order valence-corrected chi connectivity index (χ3v) is 12.1. The van der Waals surface area contributed by atoms with Crippen molar-refractivity contribution in [2.45, 2.75) is 36.5 Å². The van der Waals surface area contributed by atoms with E-state index in [1.807, 2.05) is 0 Å². The Hall–Kier alpha value is 0.0629. The van der Waals surface area contributed by atoms with Crippen molar-refractivity contribution in [3.05, 3.63) is 0 Å². The molecule has 64 valence electrons. The number of hydrogen-bond acceptors (Lipinski definition) is 1. The van der Waals surface area contributed by atoms with Crippen LogP contribution in [-0.4, -0.2) is 20.2 Å². The second-order valence-electron chi connectivity index (χ2n) is 2.74. The van der Waals surface area contributed by atoms with Crippen LogP contribution in [-0.2, 0) is 3.76 Å². The molecule has 0 atom stereocenters. The third kappa shape index (κ3) is 3.31. The molecule has 0 radical (unpaired) electrons. The van der Waals surface area contributed by atoms with Gasteiger partial charge in [0.05, 0.1) is 0 Å². The first-order valence-electron chi connectivity index (χ1n) is 4.32. The van der Waals surface area contributed by atoms with Crippen molar-refractivity contribution >= 4 is 13.6 Å². The topological polar surface area (TPSA) is 9.23 Å². The molecule has 0 bridgehead atoms. The van der Waals surface area contributed by atoms with Crippen LogP contribution < -0.4 is 0 Å². The fourth-order valence-electron chi connectivity index (χ4n) is 1.25. The maximum absolute atomic E-state index is 5.78. The molecule has 1 nitrogen and oxygen atoms in total. The van der Waals surface area contributed by atoms with E-state index in [0.717, 1.165) is 0 Å². The summed E-state index contributed by atoms with van der Waals surface area (Å²) in [5, 5.41) is 3.69. The molecular formula is C9H18GeO. The van der Waals surface area contributed by atoms with Gasteiger partial charge in [-0.3, -0.25) is 0 Å². The summed E-state index contributed by atoms with van der Waals surface area (Å²) in [5.41, 5.74) is 0. The number of rotatable bonds is 5. The van der Waals surface area contributed by atoms with E-state index in [4.69, 9.17) is 10.2 Å². The molecule has 0 heterocycles. The molecule has 2 heteroatoms. The van der Waals surface area contributed by atoms with E-state index < -0.39 is 13.6 Å². The fourth-order valence-corrected chi connectivity index (χ4v) is 6.50. The van der Waals surface area contributed by atoms with Crippen LogP contribution in [0.4, 0.5) is 0 Å². The molecular weight excluding hydrogens is 197 g/mol. The molecule has 0 fully saturated rings. The zero-order valence-corrected chi connectivity index (χ0v) is 9.91. The van der Waals surface area contributed by atoms with Crippen LogP contribution in [0.25, 0.3) is 0 Å². The molecule has 0 aliphatic heterocycles. The van der Waals surface area contributed by atoms with Gasteiger partial charge in [-0.1, -0.05) is 0 Å². The van der Waals surface area contributed by atoms with E-state index in [2.05, 4.69) is 26.7 Å². The quantitative estimate of drug-likeness (QED) is 0.505. The average molecular weight is 215 g/mol. The summed E-state index contributed by atoms with van der Waals surface area (Å²) in [6.07, 6.45) is 5.15. The van der Waals surface area contributed by atoms with E-state index in [9.17, 15) is 0 Å². The molecule has 0 aromatic heterocycles. The van der Waals surface area contributed by atoms with E-state index in [0.29, 0.717) is 6.61 Å². The van der Waals surface area contributed by atoms with Gasteiger partial charge in [0.2, 0.25) is 0 Å². The van der Waals surface area contributed by atoms with Crippen molar-refractivity contribution in [3.8, 4) is 12.3 Å². The number of hydrogen-bond donors (Lipinski definition) is 0. The van der Waals surface area contributed by atoms with Crippen molar-refractivity contribution in [1.29, 1.82) is 0 Å². The molecule has 0 aliphatic rings. The van der Waals surface area contributed by atoms with E-state index in [1.165, 1.54) is 15.8 Å². The second-order valence-corrected chi connectivity index (χ2v) is 12.8. The minimum atomic E-state index is -1.88. The van der Waals surface area contributed by atoms with Gasteiger partial charge in [0.25, 0.3) is 0 Å². The standard InChI is InChI=1S/C9H18GeO/c1-5-9-11-10(6-2,7-3)8-4/h1H,6-9H2,2-4H3. The van der Waals surface area contributed by atoms with Gasteiger partial charge in [-0.25, -0.2) is 0 Å². The zero-order valence-electron chi connectivity index (χ0n) is 7.81. The first kappa shape index (κ1) is 11.1. The van der Waals surface area contributed by atoms with E-state index in [1.54, 1.807) is 0 Å². The summed E-state index contributed by atoms with van der Waals surface area (Å²) in [5.74, 6) is 2.55. The van der Waals surface area contributed by atoms with Crippen LogP contribution >= 0.6 is 0 Å². The SMILES string of the molecule is C#CC[O][Ge]([CH2]C)([CH2]C)[CH2]C. The summed E-state index contributed by atoms with van der Waals surface area (Å²) in [7, 11) is 0. The van der Waals surface area contributed by atoms with Crippen LogP contribution in [0.5, 0.6) is 0 Å². The molecule has 0 unspecified atom stereocenters. The Balaban J connectivity index is 3.96. The predicted molar refractivity (Wildman–Crippen MR) is 52.0 cm³/mol. The summed E-state index contributed by atoms with van der Waals surface area (Å²) >= 11 is -1.88. The van der Waals surface area contributed by atoms with Crippen LogP contribution in [0.3, 0.4) is 0 Å². The Morgan fingerprint density at radius 2 is 1.64 bits per heavy atom. The molecule has 11 heavy (non-hydrogen) atoms. The van der Waals surface area contributed by atoms with E-state index >= 15 is 0 Å². The predicted octanol–water partition coefficient (Wildman–Crippen LogP) is 2.64. The average Bonchev–Trinajstić information content (AvgIpc) is 2.08. The van der Waals surface area contributed by atoms with Crippen molar-refractivity contribution in [3.63, 3.8) is 0 Å². The van der Waals surface area contributed by atoms with Crippen molar-refractivity contribution in [1.82, 2.24) is 0 Å². The Morgan fingerprint density at radius 1 is 1.18 bits per heavy atom. The molecule has 0 saturated heterocycles. The monoisotopic (exact) mass is 216 g/mol. The van der Waals surface area contributed by atoms with Crippen LogP contribution in [0.15, 0.2) is 0 Å². The molecule has 0 aliphatic carbocycles. The molecule has 0 saturated carbocycles. The Bertz CT molecular complexity index is 125. The normalized spacial score (nSPS) is 11.1. The van der Waals surface area contributed by atoms with Gasteiger partial charge in [0.1, 0.15) is 0 Å². The van der Waals surface area contributed by atoms with Gasteiger partial charge in [-0.15, -0.1) is 0 Å². The maximum atomic E-state index is 5.78. The molecule has 0 aromatic rings. The molecule has 0 rings (SSSR count). The Labute approximate surface area is 73.2 Å². The van der Waals surface area contributed by atoms with Gasteiger partial charge in [-0.05, 0) is 0 Å². The van der Waals surface area contributed by atoms with Crippen molar-refractivity contribution < 1.29 is 3.76 Å². The first-order valence-corrected chi connectivity index (χ1v) is 9.62. The van der Waals surface area contributed by atoms with Gasteiger partial charge < -0.3 is 0 Å². The van der Waals surface area contributed by atoms with Gasteiger partial charge in [0, 0.05) is 0 Å². The molecule has 0 amide bonds. The summed E-state index contributed by atoms with van der Waals surface area (Å²) in [4.78, 5) is 0. The Kier molecular flexibility index (Phi) is 5.71. The molecule has 0 aromatic carbocycles. The summed E-state index contributed by atoms with van der Waals surface area (Å²) in [6.45, 7) is 7.20. The minimum absolute atomic E-state index is 0.523. The first-order chi connectivity index (χ1) is 5.24. The third-order valence-electron chi connectivity index (χ3n) is 2.39.